The molecule has 4 rings (SSSR count). The first-order valence-corrected chi connectivity index (χ1v) is 7.39. The van der Waals surface area contributed by atoms with Gasteiger partial charge in [-0.15, -0.1) is 0 Å². The first-order valence-electron chi connectivity index (χ1n) is 7.39. The summed E-state index contributed by atoms with van der Waals surface area (Å²) >= 11 is 0. The smallest absolute Gasteiger partial charge is 0.261 e. The molecule has 2 aliphatic heterocycles. The number of nitrogens with zero attached hydrogens (tertiary/aromatic N) is 1. The highest BCUT2D eigenvalue weighted by Gasteiger charge is 2.32. The van der Waals surface area contributed by atoms with Crippen LogP contribution in [0.4, 0.5) is 0 Å². The standard InChI is InChI=1S/C18H12N2O4/c1-20-17(23)12-5-3-10(8-14(12)18(20)24)6-9-2-4-11-13(7-9)16(22)19-15(11)21/h2-5,7-8H,6H2,1H3,(H,19,21,22). The zero-order chi connectivity index (χ0) is 17.0. The molecule has 0 radical (unpaired) electrons. The van der Waals surface area contributed by atoms with Gasteiger partial charge in [-0.05, 0) is 41.8 Å². The Morgan fingerprint density at radius 2 is 1.29 bits per heavy atom. The van der Waals surface area contributed by atoms with Gasteiger partial charge in [0.2, 0.25) is 0 Å². The molecule has 2 aliphatic rings. The Balaban J connectivity index is 1.67. The fourth-order valence-electron chi connectivity index (χ4n) is 3.08. The van der Waals surface area contributed by atoms with Crippen molar-refractivity contribution in [1.82, 2.24) is 10.2 Å². The number of carbonyl (C=O) groups is 4. The largest absolute Gasteiger partial charge is 0.288 e. The van der Waals surface area contributed by atoms with Crippen LogP contribution < -0.4 is 5.32 Å². The number of amides is 4. The highest BCUT2D eigenvalue weighted by atomic mass is 16.2. The van der Waals surface area contributed by atoms with Crippen LogP contribution in [0, 0.1) is 0 Å². The maximum Gasteiger partial charge on any atom is 0.261 e. The van der Waals surface area contributed by atoms with Gasteiger partial charge in [0, 0.05) is 7.05 Å². The van der Waals surface area contributed by atoms with Crippen molar-refractivity contribution < 1.29 is 19.2 Å². The zero-order valence-electron chi connectivity index (χ0n) is 12.8. The van der Waals surface area contributed by atoms with Crippen LogP contribution in [0.3, 0.4) is 0 Å². The molecule has 0 aromatic heterocycles. The van der Waals surface area contributed by atoms with E-state index in [1.807, 2.05) is 0 Å². The van der Waals surface area contributed by atoms with Crippen molar-refractivity contribution in [2.75, 3.05) is 7.05 Å². The summed E-state index contributed by atoms with van der Waals surface area (Å²) in [5.74, 6) is -1.38. The van der Waals surface area contributed by atoms with Crippen molar-refractivity contribution in [2.24, 2.45) is 0 Å². The van der Waals surface area contributed by atoms with Crippen LogP contribution in [-0.2, 0) is 6.42 Å². The molecule has 0 atom stereocenters. The van der Waals surface area contributed by atoms with E-state index >= 15 is 0 Å². The predicted octanol–water partition coefficient (Wildman–Crippen LogP) is 1.39. The molecule has 0 bridgehead atoms. The lowest BCUT2D eigenvalue weighted by Crippen LogP contribution is -2.24. The second-order valence-corrected chi connectivity index (χ2v) is 5.89. The number of hydrogen-bond donors (Lipinski definition) is 1. The maximum absolute atomic E-state index is 12.1. The summed E-state index contributed by atoms with van der Waals surface area (Å²) in [6.45, 7) is 0. The monoisotopic (exact) mass is 320 g/mol. The first-order chi connectivity index (χ1) is 11.5. The molecule has 6 heteroatoms. The van der Waals surface area contributed by atoms with Crippen molar-refractivity contribution in [3.63, 3.8) is 0 Å². The molecule has 2 aromatic rings. The van der Waals surface area contributed by atoms with Crippen LogP contribution >= 0.6 is 0 Å². The molecular formula is C18H12N2O4. The Kier molecular flexibility index (Phi) is 2.90. The lowest BCUT2D eigenvalue weighted by molar-refractivity contribution is 0.0691. The number of carbonyl (C=O) groups excluding carboxylic acids is 4. The Bertz CT molecular complexity index is 961. The van der Waals surface area contributed by atoms with Crippen LogP contribution in [-0.4, -0.2) is 35.6 Å². The molecule has 2 aromatic carbocycles. The Labute approximate surface area is 137 Å². The molecule has 0 fully saturated rings. The van der Waals surface area contributed by atoms with E-state index < -0.39 is 5.91 Å². The number of nitrogens with one attached hydrogen (secondary N) is 1. The van der Waals surface area contributed by atoms with E-state index in [-0.39, 0.29) is 17.7 Å². The van der Waals surface area contributed by atoms with Gasteiger partial charge in [-0.1, -0.05) is 12.1 Å². The summed E-state index contributed by atoms with van der Waals surface area (Å²) in [6, 6.07) is 10.2. The van der Waals surface area contributed by atoms with Gasteiger partial charge in [-0.3, -0.25) is 29.4 Å². The molecule has 0 spiro atoms. The minimum Gasteiger partial charge on any atom is -0.288 e. The van der Waals surface area contributed by atoms with E-state index in [1.54, 1.807) is 36.4 Å². The number of rotatable bonds is 2. The van der Waals surface area contributed by atoms with E-state index in [0.29, 0.717) is 28.7 Å². The molecule has 0 unspecified atom stereocenters. The number of imide groups is 2. The molecule has 2 heterocycles. The van der Waals surface area contributed by atoms with Crippen LogP contribution in [0.15, 0.2) is 36.4 Å². The summed E-state index contributed by atoms with van der Waals surface area (Å²) in [5, 5.41) is 2.26. The lowest BCUT2D eigenvalue weighted by Gasteiger charge is -2.05. The third-order valence-electron chi connectivity index (χ3n) is 4.36. The fourth-order valence-corrected chi connectivity index (χ4v) is 3.08. The van der Waals surface area contributed by atoms with Gasteiger partial charge in [0.1, 0.15) is 0 Å². The Morgan fingerprint density at radius 3 is 2.00 bits per heavy atom. The Morgan fingerprint density at radius 1 is 0.750 bits per heavy atom. The predicted molar refractivity (Wildman–Crippen MR) is 83.9 cm³/mol. The van der Waals surface area contributed by atoms with E-state index in [1.165, 1.54) is 7.05 Å². The fraction of sp³-hybridized carbons (Fsp3) is 0.111. The van der Waals surface area contributed by atoms with Crippen molar-refractivity contribution in [3.8, 4) is 0 Å². The zero-order valence-corrected chi connectivity index (χ0v) is 12.8. The SMILES string of the molecule is CN1C(=O)c2ccc(Cc3ccc4c(c3)C(=O)NC4=O)cc2C1=O. The van der Waals surface area contributed by atoms with Gasteiger partial charge in [0.25, 0.3) is 23.6 Å². The molecule has 0 saturated heterocycles. The van der Waals surface area contributed by atoms with Gasteiger partial charge in [0.15, 0.2) is 0 Å². The maximum atomic E-state index is 12.1. The summed E-state index contributed by atoms with van der Waals surface area (Å²) in [5.41, 5.74) is 3.25. The summed E-state index contributed by atoms with van der Waals surface area (Å²) in [6.07, 6.45) is 0.493. The lowest BCUT2D eigenvalue weighted by atomic mass is 9.98. The topological polar surface area (TPSA) is 83.6 Å². The molecule has 24 heavy (non-hydrogen) atoms. The second-order valence-electron chi connectivity index (χ2n) is 5.89. The highest BCUT2D eigenvalue weighted by molar-refractivity contribution is 6.22. The average Bonchev–Trinajstić information content (AvgIpc) is 2.97. The normalized spacial score (nSPS) is 15.6. The molecule has 1 N–H and O–H groups in total. The Hall–Kier alpha value is -3.28. The van der Waals surface area contributed by atoms with E-state index in [0.717, 1.165) is 16.0 Å². The van der Waals surface area contributed by atoms with Gasteiger partial charge >= 0.3 is 0 Å². The van der Waals surface area contributed by atoms with Gasteiger partial charge < -0.3 is 0 Å². The quantitative estimate of drug-likeness (QED) is 0.848. The van der Waals surface area contributed by atoms with Crippen molar-refractivity contribution in [1.29, 1.82) is 0 Å². The van der Waals surface area contributed by atoms with Crippen LogP contribution in [0.2, 0.25) is 0 Å². The number of benzene rings is 2. The summed E-state index contributed by atoms with van der Waals surface area (Å²) in [4.78, 5) is 48.4. The number of hydrogen-bond acceptors (Lipinski definition) is 4. The van der Waals surface area contributed by atoms with Gasteiger partial charge in [0.05, 0.1) is 22.3 Å². The molecule has 118 valence electrons. The number of fused-ring (bicyclic) bond motifs is 2. The van der Waals surface area contributed by atoms with Crippen molar-refractivity contribution in [3.05, 3.63) is 69.8 Å². The van der Waals surface area contributed by atoms with Crippen molar-refractivity contribution >= 4 is 23.6 Å². The van der Waals surface area contributed by atoms with Crippen LogP contribution in [0.25, 0.3) is 0 Å². The average molecular weight is 320 g/mol. The van der Waals surface area contributed by atoms with E-state index in [4.69, 9.17) is 0 Å². The second kappa shape index (κ2) is 4.86. The minimum atomic E-state index is -0.395. The molecule has 4 amide bonds. The molecule has 0 aliphatic carbocycles. The first kappa shape index (κ1) is 14.3. The summed E-state index contributed by atoms with van der Waals surface area (Å²) in [7, 11) is 1.46. The third-order valence-corrected chi connectivity index (χ3v) is 4.36. The molecular weight excluding hydrogens is 308 g/mol. The molecule has 0 saturated carbocycles. The van der Waals surface area contributed by atoms with Crippen LogP contribution in [0.5, 0.6) is 0 Å². The van der Waals surface area contributed by atoms with Crippen molar-refractivity contribution in [2.45, 2.75) is 6.42 Å². The summed E-state index contributed by atoms with van der Waals surface area (Å²) < 4.78 is 0. The van der Waals surface area contributed by atoms with Crippen LogP contribution in [0.1, 0.15) is 52.6 Å². The van der Waals surface area contributed by atoms with E-state index in [2.05, 4.69) is 5.32 Å². The van der Waals surface area contributed by atoms with Gasteiger partial charge in [-0.2, -0.15) is 0 Å². The molecule has 6 nitrogen and oxygen atoms in total. The van der Waals surface area contributed by atoms with Gasteiger partial charge in [-0.25, -0.2) is 0 Å². The highest BCUT2D eigenvalue weighted by Crippen LogP contribution is 2.25. The minimum absolute atomic E-state index is 0.297. The van der Waals surface area contributed by atoms with E-state index in [9.17, 15) is 19.2 Å². The third kappa shape index (κ3) is 1.96.